The fourth-order valence-corrected chi connectivity index (χ4v) is 3.72. The van der Waals surface area contributed by atoms with Gasteiger partial charge in [0.1, 0.15) is 0 Å². The minimum absolute atomic E-state index is 0.165. The number of hydrogen-bond acceptors (Lipinski definition) is 5. The maximum absolute atomic E-state index is 12.0. The quantitative estimate of drug-likeness (QED) is 0.578. The van der Waals surface area contributed by atoms with E-state index in [-0.39, 0.29) is 11.7 Å². The molecule has 0 spiro atoms. The second-order valence-electron chi connectivity index (χ2n) is 4.40. The number of H-pyrrole nitrogens is 1. The van der Waals surface area contributed by atoms with Crippen molar-refractivity contribution in [3.8, 4) is 10.7 Å². The number of benzene rings is 1. The van der Waals surface area contributed by atoms with Crippen LogP contribution in [0.2, 0.25) is 5.02 Å². The molecule has 0 aliphatic rings. The molecule has 2 aromatic heterocycles. The molecule has 0 saturated heterocycles. The third-order valence-corrected chi connectivity index (χ3v) is 5.29. The Morgan fingerprint density at radius 2 is 2.30 bits per heavy atom. The van der Waals surface area contributed by atoms with Crippen LogP contribution in [0.15, 0.2) is 45.3 Å². The van der Waals surface area contributed by atoms with Crippen LogP contribution in [0.25, 0.3) is 10.7 Å². The summed E-state index contributed by atoms with van der Waals surface area (Å²) in [5.41, 5.74) is 0.578. The number of aromatic amines is 1. The van der Waals surface area contributed by atoms with Crippen LogP contribution in [-0.2, 0) is 4.79 Å². The lowest BCUT2D eigenvalue weighted by atomic mass is 10.3. The lowest BCUT2D eigenvalue weighted by molar-refractivity contribution is -0.113. The van der Waals surface area contributed by atoms with Gasteiger partial charge in [0.2, 0.25) is 11.1 Å². The molecule has 0 radical (unpaired) electrons. The van der Waals surface area contributed by atoms with E-state index in [0.717, 1.165) is 9.35 Å². The fourth-order valence-electron chi connectivity index (χ4n) is 1.74. The van der Waals surface area contributed by atoms with E-state index in [0.29, 0.717) is 21.7 Å². The van der Waals surface area contributed by atoms with Gasteiger partial charge in [-0.2, -0.15) is 0 Å². The van der Waals surface area contributed by atoms with E-state index >= 15 is 0 Å². The van der Waals surface area contributed by atoms with Crippen molar-refractivity contribution in [1.82, 2.24) is 15.2 Å². The molecule has 0 unspecified atom stereocenters. The number of nitrogens with one attached hydrogen (secondary N) is 2. The molecule has 5 nitrogen and oxygen atoms in total. The van der Waals surface area contributed by atoms with Gasteiger partial charge in [-0.25, -0.2) is 4.98 Å². The number of thiophene rings is 1. The summed E-state index contributed by atoms with van der Waals surface area (Å²) < 4.78 is 0.858. The van der Waals surface area contributed by atoms with Crippen LogP contribution in [0.4, 0.5) is 5.69 Å². The third kappa shape index (κ3) is 4.35. The summed E-state index contributed by atoms with van der Waals surface area (Å²) in [7, 11) is 0. The lowest BCUT2D eigenvalue weighted by Gasteiger charge is -2.06. The topological polar surface area (TPSA) is 70.7 Å². The van der Waals surface area contributed by atoms with Gasteiger partial charge in [0.05, 0.1) is 21.3 Å². The standard InChI is InChI=1S/C14H10BrClN4OS2/c15-8-3-4-10(9(16)6-8)17-12(21)7-23-14-18-13(19-20-14)11-2-1-5-22-11/h1-6H,7H2,(H,17,21)(H,18,19,20). The van der Waals surface area contributed by atoms with Crippen LogP contribution in [-0.4, -0.2) is 26.8 Å². The van der Waals surface area contributed by atoms with Crippen molar-refractivity contribution in [3.05, 3.63) is 45.2 Å². The zero-order chi connectivity index (χ0) is 16.2. The van der Waals surface area contributed by atoms with E-state index < -0.39 is 0 Å². The Balaban J connectivity index is 1.57. The van der Waals surface area contributed by atoms with Crippen LogP contribution in [0.1, 0.15) is 0 Å². The Bertz CT molecular complexity index is 822. The zero-order valence-electron chi connectivity index (χ0n) is 11.5. The number of anilines is 1. The average molecular weight is 430 g/mol. The van der Waals surface area contributed by atoms with Gasteiger partial charge in [-0.1, -0.05) is 45.4 Å². The normalized spacial score (nSPS) is 10.7. The van der Waals surface area contributed by atoms with Gasteiger partial charge in [0, 0.05) is 4.47 Å². The van der Waals surface area contributed by atoms with E-state index in [1.54, 1.807) is 23.5 Å². The van der Waals surface area contributed by atoms with Crippen molar-refractivity contribution in [3.63, 3.8) is 0 Å². The first-order valence-corrected chi connectivity index (χ1v) is 9.49. The summed E-state index contributed by atoms with van der Waals surface area (Å²) in [6.45, 7) is 0. The first-order chi connectivity index (χ1) is 11.1. The second kappa shape index (κ2) is 7.48. The largest absolute Gasteiger partial charge is 0.324 e. The number of halogens is 2. The molecule has 0 fully saturated rings. The summed E-state index contributed by atoms with van der Waals surface area (Å²) in [5.74, 6) is 0.745. The number of aromatic nitrogens is 3. The van der Waals surface area contributed by atoms with E-state index in [9.17, 15) is 4.79 Å². The lowest BCUT2D eigenvalue weighted by Crippen LogP contribution is -2.14. The molecule has 2 N–H and O–H groups in total. The van der Waals surface area contributed by atoms with Gasteiger partial charge in [0.15, 0.2) is 5.82 Å². The molecule has 0 aliphatic carbocycles. The monoisotopic (exact) mass is 428 g/mol. The van der Waals surface area contributed by atoms with Crippen LogP contribution in [0, 0.1) is 0 Å². The van der Waals surface area contributed by atoms with Crippen molar-refractivity contribution in [2.45, 2.75) is 5.16 Å². The molecule has 1 amide bonds. The smallest absolute Gasteiger partial charge is 0.234 e. The van der Waals surface area contributed by atoms with Crippen molar-refractivity contribution >= 4 is 62.2 Å². The van der Waals surface area contributed by atoms with E-state index in [4.69, 9.17) is 11.6 Å². The van der Waals surface area contributed by atoms with Crippen LogP contribution in [0.3, 0.4) is 0 Å². The van der Waals surface area contributed by atoms with Gasteiger partial charge in [-0.05, 0) is 29.6 Å². The number of carbonyl (C=O) groups is 1. The SMILES string of the molecule is O=C(CSc1n[nH]c(-c2cccs2)n1)Nc1ccc(Br)cc1Cl. The van der Waals surface area contributed by atoms with Crippen LogP contribution in [0.5, 0.6) is 0 Å². The highest BCUT2D eigenvalue weighted by atomic mass is 79.9. The molecule has 2 heterocycles. The third-order valence-electron chi connectivity index (χ3n) is 2.76. The molecule has 118 valence electrons. The molecular weight excluding hydrogens is 420 g/mol. The predicted octanol–water partition coefficient (Wildman–Crippen LogP) is 4.68. The highest BCUT2D eigenvalue weighted by Crippen LogP contribution is 2.26. The summed E-state index contributed by atoms with van der Waals surface area (Å²) in [4.78, 5) is 17.4. The number of nitrogens with zero attached hydrogens (tertiary/aromatic N) is 2. The summed E-state index contributed by atoms with van der Waals surface area (Å²) in [5, 5.41) is 12.7. The molecule has 3 rings (SSSR count). The van der Waals surface area contributed by atoms with Gasteiger partial charge >= 0.3 is 0 Å². The number of hydrogen-bond donors (Lipinski definition) is 2. The number of carbonyl (C=O) groups excluding carboxylic acids is 1. The number of rotatable bonds is 5. The summed E-state index contributed by atoms with van der Waals surface area (Å²) >= 11 is 12.2. The average Bonchev–Trinajstić information content (AvgIpc) is 3.18. The maximum Gasteiger partial charge on any atom is 0.234 e. The van der Waals surface area contributed by atoms with Gasteiger partial charge in [-0.3, -0.25) is 9.89 Å². The Morgan fingerprint density at radius 1 is 1.43 bits per heavy atom. The van der Waals surface area contributed by atoms with Gasteiger partial charge < -0.3 is 5.32 Å². The van der Waals surface area contributed by atoms with Crippen molar-refractivity contribution in [2.75, 3.05) is 11.1 Å². The predicted molar refractivity (Wildman–Crippen MR) is 98.2 cm³/mol. The molecule has 0 bridgehead atoms. The Labute approximate surface area is 154 Å². The van der Waals surface area contributed by atoms with Crippen LogP contribution < -0.4 is 5.32 Å². The van der Waals surface area contributed by atoms with Gasteiger partial charge in [-0.15, -0.1) is 16.4 Å². The van der Waals surface area contributed by atoms with E-state index in [1.807, 2.05) is 23.6 Å². The number of amides is 1. The highest BCUT2D eigenvalue weighted by Gasteiger charge is 2.11. The fraction of sp³-hybridized carbons (Fsp3) is 0.0714. The molecule has 0 saturated carbocycles. The minimum Gasteiger partial charge on any atom is -0.324 e. The molecule has 23 heavy (non-hydrogen) atoms. The van der Waals surface area contributed by atoms with E-state index in [2.05, 4.69) is 36.4 Å². The maximum atomic E-state index is 12.0. The van der Waals surface area contributed by atoms with Crippen LogP contribution >= 0.6 is 50.6 Å². The highest BCUT2D eigenvalue weighted by molar-refractivity contribution is 9.10. The molecule has 0 atom stereocenters. The minimum atomic E-state index is -0.165. The van der Waals surface area contributed by atoms with Crippen molar-refractivity contribution < 1.29 is 4.79 Å². The summed E-state index contributed by atoms with van der Waals surface area (Å²) in [6, 6.07) is 9.20. The molecule has 3 aromatic rings. The summed E-state index contributed by atoms with van der Waals surface area (Å²) in [6.07, 6.45) is 0. The zero-order valence-corrected chi connectivity index (χ0v) is 15.5. The van der Waals surface area contributed by atoms with E-state index in [1.165, 1.54) is 11.8 Å². The molecule has 0 aliphatic heterocycles. The second-order valence-corrected chi connectivity index (χ2v) is 7.62. The van der Waals surface area contributed by atoms with Gasteiger partial charge in [0.25, 0.3) is 0 Å². The molecule has 1 aromatic carbocycles. The molecular formula is C14H10BrClN4OS2. The first-order valence-electron chi connectivity index (χ1n) is 6.46. The van der Waals surface area contributed by atoms with Crippen molar-refractivity contribution in [2.24, 2.45) is 0 Å². The first kappa shape index (κ1) is 16.5. The molecule has 9 heteroatoms. The Morgan fingerprint density at radius 3 is 3.04 bits per heavy atom. The van der Waals surface area contributed by atoms with Crippen molar-refractivity contribution in [1.29, 1.82) is 0 Å². The Kier molecular flexibility index (Phi) is 5.37. The number of thioether (sulfide) groups is 1. The Hall–Kier alpha value is -1.35.